The van der Waals surface area contributed by atoms with Crippen molar-refractivity contribution >= 4 is 26.8 Å². The van der Waals surface area contributed by atoms with E-state index in [2.05, 4.69) is 10.2 Å². The molecule has 17 heavy (non-hydrogen) atoms. The van der Waals surface area contributed by atoms with E-state index in [4.69, 9.17) is 10.9 Å². The number of carbonyl (C=O) groups is 1. The van der Waals surface area contributed by atoms with E-state index >= 15 is 0 Å². The Balaban J connectivity index is 2.81. The third kappa shape index (κ3) is 1.75. The van der Waals surface area contributed by atoms with Crippen molar-refractivity contribution in [3.05, 3.63) is 22.2 Å². The first-order valence-corrected chi connectivity index (χ1v) is 5.87. The van der Waals surface area contributed by atoms with Gasteiger partial charge in [-0.05, 0) is 6.92 Å². The second kappa shape index (κ2) is 3.97. The number of aryl methyl sites for hydroxylation is 1. The molecule has 2 aromatic heterocycles. The second-order valence-electron chi connectivity index (χ2n) is 3.44. The van der Waals surface area contributed by atoms with Crippen molar-refractivity contribution in [2.75, 3.05) is 5.14 Å². The van der Waals surface area contributed by atoms with Crippen molar-refractivity contribution in [2.45, 2.75) is 13.3 Å². The van der Waals surface area contributed by atoms with Gasteiger partial charge in [-0.2, -0.15) is 0 Å². The number of carbonyl (C=O) groups excluding carboxylic acids is 1. The maximum absolute atomic E-state index is 12.6. The minimum absolute atomic E-state index is 0.184. The lowest BCUT2D eigenvalue weighted by molar-refractivity contribution is 0.100. The number of nitrogens with two attached hydrogens (primary N) is 2. The summed E-state index contributed by atoms with van der Waals surface area (Å²) in [6.45, 7) is 1.49. The molecule has 0 saturated heterocycles. The van der Waals surface area contributed by atoms with Crippen LogP contribution >= 0.6 is 10.7 Å². The van der Waals surface area contributed by atoms with Crippen LogP contribution in [0.3, 0.4) is 0 Å². The quantitative estimate of drug-likeness (QED) is 0.798. The molecule has 90 valence electrons. The molecule has 4 N–H and O–H groups in total. The van der Waals surface area contributed by atoms with E-state index in [1.165, 1.54) is 13.0 Å². The second-order valence-corrected chi connectivity index (χ2v) is 4.96. The highest BCUT2D eigenvalue weighted by Gasteiger charge is 2.28. The van der Waals surface area contributed by atoms with E-state index in [0.29, 0.717) is 10.2 Å². The third-order valence-electron chi connectivity index (χ3n) is 2.40. The van der Waals surface area contributed by atoms with Crippen molar-refractivity contribution in [3.8, 4) is 0 Å². The van der Waals surface area contributed by atoms with Gasteiger partial charge in [-0.15, -0.1) is 15.3 Å². The van der Waals surface area contributed by atoms with Gasteiger partial charge in [0.2, 0.25) is 4.70 Å². The van der Waals surface area contributed by atoms with Gasteiger partial charge in [0.25, 0.3) is 11.3 Å². The Morgan fingerprint density at radius 2 is 2.12 bits per heavy atom. The Labute approximate surface area is 97.5 Å². The van der Waals surface area contributed by atoms with E-state index in [0.717, 1.165) is 0 Å². The monoisotopic (exact) mass is 259 g/mol. The van der Waals surface area contributed by atoms with Gasteiger partial charge < -0.3 is 5.73 Å². The number of alkyl halides is 2. The SMILES string of the molecule is Cc1c(C(F)F)nnc2cc(C(N)=O)[s+](N)c12. The molecule has 0 radical (unpaired) electrons. The van der Waals surface area contributed by atoms with Crippen molar-refractivity contribution in [1.82, 2.24) is 10.2 Å². The number of nitrogens with zero attached hydrogens (tertiary/aromatic N) is 2. The van der Waals surface area contributed by atoms with Gasteiger partial charge in [-0.25, -0.2) is 8.78 Å². The van der Waals surface area contributed by atoms with E-state index in [1.54, 1.807) is 0 Å². The lowest BCUT2D eigenvalue weighted by Crippen LogP contribution is -2.10. The van der Waals surface area contributed by atoms with Gasteiger partial charge >= 0.3 is 5.91 Å². The highest BCUT2D eigenvalue weighted by Crippen LogP contribution is 2.35. The molecule has 0 spiro atoms. The average Bonchev–Trinajstić information content (AvgIpc) is 2.56. The summed E-state index contributed by atoms with van der Waals surface area (Å²) in [5.41, 5.74) is 5.33. The van der Waals surface area contributed by atoms with Crippen LogP contribution in [0.2, 0.25) is 0 Å². The summed E-state index contributed by atoms with van der Waals surface area (Å²) in [5, 5.41) is 12.9. The zero-order valence-electron chi connectivity index (χ0n) is 8.78. The standard InChI is InChI=1S/C9H8F2N4OS/c1-3-6(8(10)11)15-14-4-2-5(9(12)16)17(13)7(3)4/h2,8H,13H2,1H3,(H-,12,16)/p+1. The molecule has 0 fully saturated rings. The van der Waals surface area contributed by atoms with Crippen molar-refractivity contribution in [2.24, 2.45) is 5.73 Å². The number of amides is 1. The minimum atomic E-state index is -2.72. The zero-order chi connectivity index (χ0) is 12.7. The highest BCUT2D eigenvalue weighted by atomic mass is 32.2. The Morgan fingerprint density at radius 1 is 1.47 bits per heavy atom. The molecule has 2 aromatic rings. The van der Waals surface area contributed by atoms with Gasteiger partial charge in [-0.1, -0.05) is 0 Å². The zero-order valence-corrected chi connectivity index (χ0v) is 9.59. The first kappa shape index (κ1) is 11.8. The molecular formula is C9H9F2N4OS+. The lowest BCUT2D eigenvalue weighted by atomic mass is 10.2. The minimum Gasteiger partial charge on any atom is -0.361 e. The first-order valence-electron chi connectivity index (χ1n) is 4.59. The van der Waals surface area contributed by atoms with Crippen molar-refractivity contribution < 1.29 is 13.6 Å². The third-order valence-corrected chi connectivity index (χ3v) is 4.15. The van der Waals surface area contributed by atoms with Crippen LogP contribution in [0.1, 0.15) is 27.4 Å². The molecule has 2 rings (SSSR count). The Morgan fingerprint density at radius 3 is 2.65 bits per heavy atom. The molecule has 8 heteroatoms. The van der Waals surface area contributed by atoms with Crippen LogP contribution in [0.15, 0.2) is 6.07 Å². The summed E-state index contributed by atoms with van der Waals surface area (Å²) in [7, 11) is -1.10. The fraction of sp³-hybridized carbons (Fsp3) is 0.222. The molecular weight excluding hydrogens is 250 g/mol. The summed E-state index contributed by atoms with van der Waals surface area (Å²) >= 11 is 0. The number of hydrogen-bond acceptors (Lipinski definition) is 4. The van der Waals surface area contributed by atoms with Gasteiger partial charge in [0.15, 0.2) is 5.52 Å². The number of halogens is 2. The van der Waals surface area contributed by atoms with E-state index in [1.807, 2.05) is 0 Å². The molecule has 5 nitrogen and oxygen atoms in total. The fourth-order valence-electron chi connectivity index (χ4n) is 1.59. The molecule has 1 amide bonds. The largest absolute Gasteiger partial charge is 0.361 e. The van der Waals surface area contributed by atoms with Gasteiger partial charge in [0, 0.05) is 11.6 Å². The van der Waals surface area contributed by atoms with Crippen LogP contribution in [-0.4, -0.2) is 16.1 Å². The lowest BCUT2D eigenvalue weighted by Gasteiger charge is -2.00. The van der Waals surface area contributed by atoms with Crippen LogP contribution < -0.4 is 10.9 Å². The smallest absolute Gasteiger partial charge is 0.303 e. The van der Waals surface area contributed by atoms with Crippen LogP contribution in [0.5, 0.6) is 0 Å². The summed E-state index contributed by atoms with van der Waals surface area (Å²) in [4.78, 5) is 11.3. The first-order chi connectivity index (χ1) is 7.93. The predicted octanol–water partition coefficient (Wildman–Crippen LogP) is 1.44. The fourth-order valence-corrected chi connectivity index (χ4v) is 3.03. The van der Waals surface area contributed by atoms with Gasteiger partial charge in [-0.3, -0.25) is 4.79 Å². The van der Waals surface area contributed by atoms with Crippen LogP contribution in [0.25, 0.3) is 10.2 Å². The predicted molar refractivity (Wildman–Crippen MR) is 60.4 cm³/mol. The van der Waals surface area contributed by atoms with E-state index < -0.39 is 28.7 Å². The number of fused-ring (bicyclic) bond motifs is 1. The summed E-state index contributed by atoms with van der Waals surface area (Å²) in [6, 6.07) is 1.40. The topological polar surface area (TPSA) is 94.9 Å². The Kier molecular flexibility index (Phi) is 2.76. The molecule has 0 saturated carbocycles. The van der Waals surface area contributed by atoms with E-state index in [9.17, 15) is 13.6 Å². The van der Waals surface area contributed by atoms with Crippen LogP contribution in [-0.2, 0) is 0 Å². The van der Waals surface area contributed by atoms with Crippen molar-refractivity contribution in [3.63, 3.8) is 0 Å². The molecule has 0 aliphatic carbocycles. The number of aromatic nitrogens is 2. The van der Waals surface area contributed by atoms with Crippen LogP contribution in [0, 0.1) is 6.92 Å². The maximum atomic E-state index is 12.6. The number of primary amides is 1. The molecule has 2 heterocycles. The maximum Gasteiger partial charge on any atom is 0.303 e. The summed E-state index contributed by atoms with van der Waals surface area (Å²) in [6.07, 6.45) is -2.72. The molecule has 0 aliphatic heterocycles. The Hall–Kier alpha value is -1.67. The highest BCUT2D eigenvalue weighted by molar-refractivity contribution is 7.38. The van der Waals surface area contributed by atoms with Gasteiger partial charge in [0.1, 0.15) is 5.69 Å². The number of rotatable bonds is 2. The number of thiophene rings is 1. The van der Waals surface area contributed by atoms with Gasteiger partial charge in [0.05, 0.1) is 10.7 Å². The number of nitrogen functional groups attached to an aromatic ring is 1. The molecule has 0 aromatic carbocycles. The molecule has 0 bridgehead atoms. The summed E-state index contributed by atoms with van der Waals surface area (Å²) < 4.78 is 25.7. The normalized spacial score (nSPS) is 12.4. The van der Waals surface area contributed by atoms with Crippen LogP contribution in [0.4, 0.5) is 8.78 Å². The van der Waals surface area contributed by atoms with Crippen molar-refractivity contribution in [1.29, 1.82) is 0 Å². The molecule has 1 unspecified atom stereocenters. The molecule has 0 aliphatic rings. The number of hydrogen-bond donors (Lipinski definition) is 2. The molecule has 1 atom stereocenters. The van der Waals surface area contributed by atoms with E-state index in [-0.39, 0.29) is 10.4 Å². The average molecular weight is 259 g/mol. The Bertz CT molecular complexity index is 611. The summed E-state index contributed by atoms with van der Waals surface area (Å²) in [5.74, 6) is -0.674.